The zero-order valence-electron chi connectivity index (χ0n) is 14.3. The van der Waals surface area contributed by atoms with Gasteiger partial charge in [-0.2, -0.15) is 0 Å². The first-order valence-corrected chi connectivity index (χ1v) is 8.63. The van der Waals surface area contributed by atoms with Crippen molar-refractivity contribution in [1.82, 2.24) is 9.97 Å². The van der Waals surface area contributed by atoms with Crippen LogP contribution in [0, 0.1) is 6.92 Å². The summed E-state index contributed by atoms with van der Waals surface area (Å²) in [5.74, 6) is -2.16. The summed E-state index contributed by atoms with van der Waals surface area (Å²) in [6.45, 7) is 1.09. The van der Waals surface area contributed by atoms with Crippen molar-refractivity contribution in [2.75, 3.05) is 28.6 Å². The van der Waals surface area contributed by atoms with Crippen molar-refractivity contribution >= 4 is 45.7 Å². The minimum atomic E-state index is -2.66. The third-order valence-corrected chi connectivity index (χ3v) is 4.64. The number of H-pyrrole nitrogens is 1. The highest BCUT2D eigenvalue weighted by atomic mass is 35.5. The van der Waals surface area contributed by atoms with E-state index in [2.05, 4.69) is 20.6 Å². The first-order chi connectivity index (χ1) is 12.8. The second-order valence-corrected chi connectivity index (χ2v) is 6.96. The van der Waals surface area contributed by atoms with Gasteiger partial charge in [0.15, 0.2) is 0 Å². The number of aromatic amines is 1. The van der Waals surface area contributed by atoms with Crippen molar-refractivity contribution in [1.29, 1.82) is 0 Å². The lowest BCUT2D eigenvalue weighted by atomic mass is 10.1. The van der Waals surface area contributed by atoms with E-state index in [9.17, 15) is 13.6 Å². The molecule has 140 valence electrons. The van der Waals surface area contributed by atoms with Gasteiger partial charge in [-0.05, 0) is 36.8 Å². The Balaban J connectivity index is 1.44. The van der Waals surface area contributed by atoms with Crippen LogP contribution in [0.15, 0.2) is 36.7 Å². The summed E-state index contributed by atoms with van der Waals surface area (Å²) in [5, 5.41) is 6.79. The number of hydrogen-bond acceptors (Lipinski definition) is 3. The van der Waals surface area contributed by atoms with Crippen molar-refractivity contribution in [3.8, 4) is 0 Å². The van der Waals surface area contributed by atoms with Crippen molar-refractivity contribution in [3.05, 3.63) is 47.2 Å². The molecular weight excluding hydrogens is 376 g/mol. The number of nitrogens with one attached hydrogen (secondary N) is 3. The zero-order chi connectivity index (χ0) is 19.2. The highest BCUT2D eigenvalue weighted by Gasteiger charge is 2.44. The predicted molar refractivity (Wildman–Crippen MR) is 102 cm³/mol. The molecule has 0 saturated carbocycles. The van der Waals surface area contributed by atoms with Crippen LogP contribution in [0.2, 0.25) is 5.02 Å². The fourth-order valence-corrected chi connectivity index (χ4v) is 3.40. The summed E-state index contributed by atoms with van der Waals surface area (Å²) < 4.78 is 26.0. The number of carbonyl (C=O) groups excluding carboxylic acids is 1. The maximum atomic E-state index is 13.0. The second kappa shape index (κ2) is 6.38. The first kappa shape index (κ1) is 17.5. The molecule has 6 nitrogen and oxygen atoms in total. The van der Waals surface area contributed by atoms with E-state index in [1.165, 1.54) is 11.1 Å². The van der Waals surface area contributed by atoms with Gasteiger partial charge in [-0.1, -0.05) is 11.6 Å². The van der Waals surface area contributed by atoms with Crippen LogP contribution in [-0.4, -0.2) is 35.0 Å². The Morgan fingerprint density at radius 2 is 2.00 bits per heavy atom. The summed E-state index contributed by atoms with van der Waals surface area (Å²) in [4.78, 5) is 21.0. The van der Waals surface area contributed by atoms with E-state index in [1.807, 2.05) is 6.07 Å². The van der Waals surface area contributed by atoms with E-state index in [0.717, 1.165) is 10.9 Å². The number of hydrogen-bond donors (Lipinski definition) is 3. The molecule has 1 aromatic carbocycles. The number of halogens is 3. The molecule has 2 aromatic heterocycles. The summed E-state index contributed by atoms with van der Waals surface area (Å²) in [5.41, 5.74) is 2.52. The number of rotatable bonds is 3. The van der Waals surface area contributed by atoms with Crippen LogP contribution in [0.3, 0.4) is 0 Å². The molecule has 0 unspecified atom stereocenters. The zero-order valence-corrected chi connectivity index (χ0v) is 15.1. The average Bonchev–Trinajstić information content (AvgIpc) is 3.01. The molecule has 3 N–H and O–H groups in total. The van der Waals surface area contributed by atoms with Gasteiger partial charge in [0, 0.05) is 22.8 Å². The van der Waals surface area contributed by atoms with Crippen molar-refractivity contribution < 1.29 is 13.6 Å². The summed E-state index contributed by atoms with van der Waals surface area (Å²) in [6, 6.07) is 6.53. The first-order valence-electron chi connectivity index (χ1n) is 8.25. The van der Waals surface area contributed by atoms with Crippen molar-refractivity contribution in [3.63, 3.8) is 0 Å². The van der Waals surface area contributed by atoms with E-state index in [-0.39, 0.29) is 13.1 Å². The molecule has 4 rings (SSSR count). The summed E-state index contributed by atoms with van der Waals surface area (Å²) in [7, 11) is 0. The monoisotopic (exact) mass is 391 g/mol. The smallest absolute Gasteiger partial charge is 0.323 e. The van der Waals surface area contributed by atoms with Gasteiger partial charge in [0.2, 0.25) is 0 Å². The van der Waals surface area contributed by atoms with Crippen LogP contribution in [0.25, 0.3) is 10.9 Å². The predicted octanol–water partition coefficient (Wildman–Crippen LogP) is 4.62. The van der Waals surface area contributed by atoms with Gasteiger partial charge < -0.3 is 20.5 Å². The van der Waals surface area contributed by atoms with E-state index in [4.69, 9.17) is 11.6 Å². The Bertz CT molecular complexity index is 1030. The number of aromatic nitrogens is 2. The topological polar surface area (TPSA) is 73.0 Å². The molecule has 0 bridgehead atoms. The quantitative estimate of drug-likeness (QED) is 0.609. The number of carbonyl (C=O) groups is 1. The molecule has 0 aliphatic carbocycles. The number of pyridine rings is 1. The number of urea groups is 1. The molecular formula is C18H16ClF2N5O. The summed E-state index contributed by atoms with van der Waals surface area (Å²) in [6.07, 6.45) is 3.21. The van der Waals surface area contributed by atoms with Crippen molar-refractivity contribution in [2.24, 2.45) is 0 Å². The van der Waals surface area contributed by atoms with Gasteiger partial charge in [0.1, 0.15) is 5.82 Å². The molecule has 0 spiro atoms. The standard InChI is InChI=1S/C18H16ClF2N5O/c1-10-4-12(7-23-16(10)26-8-18(20,21)9-26)25-17(27)24-11-5-14(19)13-2-3-22-15(13)6-11/h2-7,22H,8-9H2,1H3,(H2,24,25,27). The Morgan fingerprint density at radius 1 is 1.26 bits per heavy atom. The minimum Gasteiger partial charge on any atom is -0.361 e. The number of fused-ring (bicyclic) bond motifs is 1. The Morgan fingerprint density at radius 3 is 2.70 bits per heavy atom. The molecule has 3 heterocycles. The fourth-order valence-electron chi connectivity index (χ4n) is 3.12. The van der Waals surface area contributed by atoms with Gasteiger partial charge in [0.05, 0.1) is 30.0 Å². The van der Waals surface area contributed by atoms with E-state index >= 15 is 0 Å². The molecule has 27 heavy (non-hydrogen) atoms. The maximum absolute atomic E-state index is 13.0. The molecule has 0 radical (unpaired) electrons. The van der Waals surface area contributed by atoms with Gasteiger partial charge >= 0.3 is 6.03 Å². The SMILES string of the molecule is Cc1cc(NC(=O)Nc2cc(Cl)c3cc[nH]c3c2)cnc1N1CC(F)(F)C1. The normalized spacial score (nSPS) is 15.5. The largest absolute Gasteiger partial charge is 0.361 e. The molecule has 9 heteroatoms. The number of anilines is 3. The Kier molecular flexibility index (Phi) is 4.15. The molecule has 2 amide bonds. The van der Waals surface area contributed by atoms with Gasteiger partial charge in [-0.3, -0.25) is 0 Å². The van der Waals surface area contributed by atoms with Crippen LogP contribution >= 0.6 is 11.6 Å². The lowest BCUT2D eigenvalue weighted by Crippen LogP contribution is -2.56. The third kappa shape index (κ3) is 3.52. The minimum absolute atomic E-state index is 0.337. The molecule has 0 atom stereocenters. The van der Waals surface area contributed by atoms with Crippen LogP contribution in [-0.2, 0) is 0 Å². The molecule has 1 aliphatic heterocycles. The number of aryl methyl sites for hydroxylation is 1. The van der Waals surface area contributed by atoms with E-state index < -0.39 is 12.0 Å². The number of amides is 2. The number of benzene rings is 1. The van der Waals surface area contributed by atoms with Crippen molar-refractivity contribution in [2.45, 2.75) is 12.8 Å². The van der Waals surface area contributed by atoms with Gasteiger partial charge in [0.25, 0.3) is 5.92 Å². The highest BCUT2D eigenvalue weighted by Crippen LogP contribution is 2.33. The van der Waals surface area contributed by atoms with Crippen LogP contribution in [0.5, 0.6) is 0 Å². The van der Waals surface area contributed by atoms with Crippen LogP contribution < -0.4 is 15.5 Å². The molecule has 1 aliphatic rings. The van der Waals surface area contributed by atoms with Gasteiger partial charge in [-0.15, -0.1) is 0 Å². The molecule has 1 saturated heterocycles. The maximum Gasteiger partial charge on any atom is 0.323 e. The van der Waals surface area contributed by atoms with Crippen LogP contribution in [0.4, 0.5) is 30.8 Å². The lowest BCUT2D eigenvalue weighted by Gasteiger charge is -2.40. The molecule has 1 fully saturated rings. The number of alkyl halides is 2. The Hall–Kier alpha value is -2.87. The lowest BCUT2D eigenvalue weighted by molar-refractivity contribution is -0.0267. The van der Waals surface area contributed by atoms with E-state index in [1.54, 1.807) is 31.3 Å². The number of nitrogens with zero attached hydrogens (tertiary/aromatic N) is 2. The summed E-state index contributed by atoms with van der Waals surface area (Å²) >= 11 is 6.19. The third-order valence-electron chi connectivity index (χ3n) is 4.33. The Labute approximate surface area is 158 Å². The molecule has 3 aromatic rings. The second-order valence-electron chi connectivity index (χ2n) is 6.55. The van der Waals surface area contributed by atoms with E-state index in [0.29, 0.717) is 27.8 Å². The van der Waals surface area contributed by atoms with Crippen LogP contribution in [0.1, 0.15) is 5.56 Å². The average molecular weight is 392 g/mol. The highest BCUT2D eigenvalue weighted by molar-refractivity contribution is 6.35. The van der Waals surface area contributed by atoms with Gasteiger partial charge in [-0.25, -0.2) is 18.6 Å². The fraction of sp³-hybridized carbons (Fsp3) is 0.222.